The van der Waals surface area contributed by atoms with E-state index in [1.807, 2.05) is 0 Å². The second kappa shape index (κ2) is 3.01. The first kappa shape index (κ1) is 8.84. The molecule has 1 aliphatic carbocycles. The minimum atomic E-state index is -0.610. The molecule has 0 heterocycles. The van der Waals surface area contributed by atoms with Crippen molar-refractivity contribution in [3.8, 4) is 0 Å². The number of aliphatic hydroxyl groups is 1. The number of allylic oxidation sites excluding steroid dienone is 2. The molecule has 0 bridgehead atoms. The molecule has 0 spiro atoms. The highest BCUT2D eigenvalue weighted by atomic mass is 16.5. The molecule has 0 radical (unpaired) electrons. The minimum absolute atomic E-state index is 0.205. The zero-order valence-corrected chi connectivity index (χ0v) is 7.20. The van der Waals surface area contributed by atoms with Crippen molar-refractivity contribution in [1.82, 2.24) is 0 Å². The van der Waals surface area contributed by atoms with E-state index in [-0.39, 0.29) is 11.7 Å². The third-order valence-electron chi connectivity index (χ3n) is 2.01. The lowest BCUT2D eigenvalue weighted by Gasteiger charge is -2.23. The average molecular weight is 168 g/mol. The van der Waals surface area contributed by atoms with E-state index >= 15 is 0 Å². The summed E-state index contributed by atoms with van der Waals surface area (Å²) in [5.41, 5.74) is -0.610. The van der Waals surface area contributed by atoms with Crippen molar-refractivity contribution in [2.45, 2.75) is 13.3 Å². The normalized spacial score (nSPS) is 28.0. The lowest BCUT2D eigenvalue weighted by Crippen LogP contribution is -2.27. The molecule has 1 aliphatic rings. The second-order valence-corrected chi connectivity index (χ2v) is 3.08. The Morgan fingerprint density at radius 3 is 2.83 bits per heavy atom. The van der Waals surface area contributed by atoms with Gasteiger partial charge in [-0.3, -0.25) is 4.79 Å². The van der Waals surface area contributed by atoms with Crippen molar-refractivity contribution in [2.24, 2.45) is 5.41 Å². The first-order valence-electron chi connectivity index (χ1n) is 3.75. The fourth-order valence-corrected chi connectivity index (χ4v) is 1.11. The molecule has 1 atom stereocenters. The molecule has 0 amide bonds. The molecule has 3 heteroatoms. The largest absolute Gasteiger partial charge is 0.508 e. The molecule has 1 unspecified atom stereocenters. The zero-order chi connectivity index (χ0) is 9.19. The molecule has 1 N–H and O–H groups in total. The van der Waals surface area contributed by atoms with Crippen LogP contribution in [0.3, 0.4) is 0 Å². The summed E-state index contributed by atoms with van der Waals surface area (Å²) in [4.78, 5) is 11.2. The zero-order valence-electron chi connectivity index (χ0n) is 7.20. The molecule has 0 saturated heterocycles. The Hall–Kier alpha value is -1.25. The Morgan fingerprint density at radius 1 is 1.75 bits per heavy atom. The molecule has 0 aromatic rings. The van der Waals surface area contributed by atoms with E-state index in [9.17, 15) is 4.79 Å². The monoisotopic (exact) mass is 168 g/mol. The molecular weight excluding hydrogens is 156 g/mol. The number of aliphatic hydroxyl groups excluding tert-OH is 1. The molecule has 66 valence electrons. The van der Waals surface area contributed by atoms with Gasteiger partial charge < -0.3 is 9.84 Å². The predicted octanol–water partition coefficient (Wildman–Crippen LogP) is 1.57. The van der Waals surface area contributed by atoms with Gasteiger partial charge in [-0.1, -0.05) is 6.08 Å². The summed E-state index contributed by atoms with van der Waals surface area (Å²) in [6, 6.07) is 0. The van der Waals surface area contributed by atoms with Crippen LogP contribution in [0.4, 0.5) is 0 Å². The Balaban J connectivity index is 2.78. The van der Waals surface area contributed by atoms with Crippen molar-refractivity contribution in [2.75, 3.05) is 7.11 Å². The highest BCUT2D eigenvalue weighted by molar-refractivity contribution is 5.79. The predicted molar refractivity (Wildman–Crippen MR) is 44.6 cm³/mol. The molecule has 12 heavy (non-hydrogen) atoms. The van der Waals surface area contributed by atoms with E-state index in [1.54, 1.807) is 19.1 Å². The molecule has 3 nitrogen and oxygen atoms in total. The highest BCUT2D eigenvalue weighted by Gasteiger charge is 2.32. The van der Waals surface area contributed by atoms with Crippen LogP contribution in [0.25, 0.3) is 0 Å². The third kappa shape index (κ3) is 1.49. The third-order valence-corrected chi connectivity index (χ3v) is 2.01. The highest BCUT2D eigenvalue weighted by Crippen LogP contribution is 2.29. The van der Waals surface area contributed by atoms with Crippen LogP contribution in [-0.4, -0.2) is 18.2 Å². The van der Waals surface area contributed by atoms with Crippen molar-refractivity contribution in [1.29, 1.82) is 0 Å². The minimum Gasteiger partial charge on any atom is -0.508 e. The number of rotatable bonds is 1. The molecule has 0 fully saturated rings. The van der Waals surface area contributed by atoms with Crippen molar-refractivity contribution in [3.05, 3.63) is 24.0 Å². The van der Waals surface area contributed by atoms with E-state index in [4.69, 9.17) is 5.11 Å². The maximum absolute atomic E-state index is 11.2. The van der Waals surface area contributed by atoms with Crippen LogP contribution in [0.2, 0.25) is 0 Å². The fourth-order valence-electron chi connectivity index (χ4n) is 1.11. The molecule has 0 aliphatic heterocycles. The number of esters is 1. The molecular formula is C9H12O3. The number of hydrogen-bond acceptors (Lipinski definition) is 3. The standard InChI is InChI=1S/C9H12O3/c1-9(8(11)12-2)5-3-7(10)4-6-9/h3-5,10H,6H2,1-2H3. The number of carbonyl (C=O) groups excluding carboxylic acids is 1. The smallest absolute Gasteiger partial charge is 0.315 e. The van der Waals surface area contributed by atoms with Crippen LogP contribution < -0.4 is 0 Å². The van der Waals surface area contributed by atoms with Crippen LogP contribution in [0.1, 0.15) is 13.3 Å². The van der Waals surface area contributed by atoms with Gasteiger partial charge in [-0.05, 0) is 25.5 Å². The summed E-state index contributed by atoms with van der Waals surface area (Å²) in [5, 5.41) is 9.02. The van der Waals surface area contributed by atoms with Crippen LogP contribution in [-0.2, 0) is 9.53 Å². The van der Waals surface area contributed by atoms with E-state index in [2.05, 4.69) is 4.74 Å². The van der Waals surface area contributed by atoms with Gasteiger partial charge in [-0.25, -0.2) is 0 Å². The van der Waals surface area contributed by atoms with E-state index in [0.29, 0.717) is 6.42 Å². The van der Waals surface area contributed by atoms with Gasteiger partial charge in [-0.2, -0.15) is 0 Å². The SMILES string of the molecule is COC(=O)C1(C)C=CC(O)=CC1. The lowest BCUT2D eigenvalue weighted by atomic mass is 9.83. The van der Waals surface area contributed by atoms with Gasteiger partial charge in [0.2, 0.25) is 0 Å². The average Bonchev–Trinajstić information content (AvgIpc) is 2.09. The van der Waals surface area contributed by atoms with E-state index < -0.39 is 5.41 Å². The summed E-state index contributed by atoms with van der Waals surface area (Å²) in [7, 11) is 1.36. The Bertz CT molecular complexity index is 252. The van der Waals surface area contributed by atoms with E-state index in [0.717, 1.165) is 0 Å². The van der Waals surface area contributed by atoms with Gasteiger partial charge in [-0.15, -0.1) is 0 Å². The van der Waals surface area contributed by atoms with Gasteiger partial charge in [0.1, 0.15) is 5.76 Å². The summed E-state index contributed by atoms with van der Waals surface area (Å²) < 4.78 is 4.63. The maximum Gasteiger partial charge on any atom is 0.315 e. The van der Waals surface area contributed by atoms with Gasteiger partial charge in [0, 0.05) is 0 Å². The summed E-state index contributed by atoms with van der Waals surface area (Å²) in [6.07, 6.45) is 5.27. The van der Waals surface area contributed by atoms with Gasteiger partial charge >= 0.3 is 5.97 Å². The summed E-state index contributed by atoms with van der Waals surface area (Å²) in [5.74, 6) is -0.0705. The summed E-state index contributed by atoms with van der Waals surface area (Å²) >= 11 is 0. The van der Waals surface area contributed by atoms with Gasteiger partial charge in [0.05, 0.1) is 12.5 Å². The lowest BCUT2D eigenvalue weighted by molar-refractivity contribution is -0.148. The topological polar surface area (TPSA) is 46.5 Å². The maximum atomic E-state index is 11.2. The first-order chi connectivity index (χ1) is 5.58. The molecule has 0 saturated carbocycles. The second-order valence-electron chi connectivity index (χ2n) is 3.08. The van der Waals surface area contributed by atoms with Crippen molar-refractivity contribution in [3.63, 3.8) is 0 Å². The Morgan fingerprint density at radius 2 is 2.42 bits per heavy atom. The Kier molecular flexibility index (Phi) is 2.22. The fraction of sp³-hybridized carbons (Fsp3) is 0.444. The van der Waals surface area contributed by atoms with Crippen LogP contribution in [0.5, 0.6) is 0 Å². The first-order valence-corrected chi connectivity index (χ1v) is 3.75. The van der Waals surface area contributed by atoms with Crippen LogP contribution >= 0.6 is 0 Å². The van der Waals surface area contributed by atoms with Crippen molar-refractivity contribution >= 4 is 5.97 Å². The number of hydrogen-bond donors (Lipinski definition) is 1. The van der Waals surface area contributed by atoms with Crippen LogP contribution in [0, 0.1) is 5.41 Å². The quantitative estimate of drug-likeness (QED) is 0.604. The summed E-state index contributed by atoms with van der Waals surface area (Å²) in [6.45, 7) is 1.78. The molecule has 1 rings (SSSR count). The number of ether oxygens (including phenoxy) is 1. The van der Waals surface area contributed by atoms with Crippen LogP contribution in [0.15, 0.2) is 24.0 Å². The molecule has 0 aromatic carbocycles. The number of methoxy groups -OCH3 is 1. The Labute approximate surface area is 71.3 Å². The van der Waals surface area contributed by atoms with E-state index in [1.165, 1.54) is 13.2 Å². The molecule has 0 aromatic heterocycles. The van der Waals surface area contributed by atoms with Gasteiger partial charge in [0.15, 0.2) is 0 Å². The van der Waals surface area contributed by atoms with Crippen molar-refractivity contribution < 1.29 is 14.6 Å². The number of carbonyl (C=O) groups is 1. The van der Waals surface area contributed by atoms with Gasteiger partial charge in [0.25, 0.3) is 0 Å².